The molecule has 2 N–H and O–H groups in total. The Morgan fingerprint density at radius 2 is 2.16 bits per heavy atom. The summed E-state index contributed by atoms with van der Waals surface area (Å²) < 4.78 is 5.80. The largest absolute Gasteiger partial charge is 0.495 e. The highest BCUT2D eigenvalue weighted by molar-refractivity contribution is 8.02. The first-order valence-electron chi connectivity index (χ1n) is 9.90. The molecule has 2 unspecified atom stereocenters. The van der Waals surface area contributed by atoms with Crippen molar-refractivity contribution < 1.29 is 24.2 Å². The Morgan fingerprint density at radius 3 is 2.87 bits per heavy atom. The molecule has 3 rings (SSSR count). The van der Waals surface area contributed by atoms with Crippen molar-refractivity contribution >= 4 is 51.7 Å². The smallest absolute Gasteiger partial charge is 0.317 e. The summed E-state index contributed by atoms with van der Waals surface area (Å²) in [5.74, 6) is -1.33. The minimum Gasteiger partial charge on any atom is -0.495 e. The first-order valence-corrected chi connectivity index (χ1v) is 11.6. The Morgan fingerprint density at radius 1 is 1.39 bits per heavy atom. The van der Waals surface area contributed by atoms with Crippen LogP contribution in [0.15, 0.2) is 28.6 Å². The molecule has 166 valence electrons. The molecule has 2 heterocycles. The molecule has 1 aromatic carbocycles. The molecule has 1 aromatic heterocycles. The van der Waals surface area contributed by atoms with E-state index in [1.807, 2.05) is 19.1 Å². The second kappa shape index (κ2) is 10.6. The Bertz CT molecular complexity index is 951. The van der Waals surface area contributed by atoms with Gasteiger partial charge in [0, 0.05) is 13.0 Å². The van der Waals surface area contributed by atoms with Crippen molar-refractivity contribution in [3.63, 3.8) is 0 Å². The van der Waals surface area contributed by atoms with E-state index in [9.17, 15) is 19.5 Å². The van der Waals surface area contributed by atoms with Gasteiger partial charge in [-0.3, -0.25) is 14.4 Å². The van der Waals surface area contributed by atoms with Crippen molar-refractivity contribution in [1.29, 1.82) is 0 Å². The molecule has 31 heavy (non-hydrogen) atoms. The van der Waals surface area contributed by atoms with Gasteiger partial charge in [0.05, 0.1) is 18.7 Å². The van der Waals surface area contributed by atoms with Gasteiger partial charge in [-0.15, -0.1) is 10.2 Å². The lowest BCUT2D eigenvalue weighted by atomic mass is 10.1. The van der Waals surface area contributed by atoms with E-state index in [2.05, 4.69) is 15.5 Å². The third-order valence-electron chi connectivity index (χ3n) is 4.85. The van der Waals surface area contributed by atoms with Crippen molar-refractivity contribution in [1.82, 2.24) is 10.2 Å². The van der Waals surface area contributed by atoms with Crippen molar-refractivity contribution in [2.45, 2.75) is 42.2 Å². The highest BCUT2D eigenvalue weighted by atomic mass is 32.2. The van der Waals surface area contributed by atoms with Gasteiger partial charge in [0.2, 0.25) is 16.9 Å². The molecule has 1 saturated heterocycles. The Hall–Kier alpha value is -2.66. The van der Waals surface area contributed by atoms with E-state index >= 15 is 0 Å². The lowest BCUT2D eigenvalue weighted by molar-refractivity contribution is -0.136. The molecule has 11 heteroatoms. The fraction of sp³-hybridized carbons (Fsp3) is 0.450. The van der Waals surface area contributed by atoms with Crippen LogP contribution in [-0.4, -0.2) is 52.0 Å². The number of hydrogen-bond donors (Lipinski definition) is 2. The number of nitrogens with zero attached hydrogens (tertiary/aromatic N) is 3. The van der Waals surface area contributed by atoms with Gasteiger partial charge in [0.25, 0.3) is 0 Å². The van der Waals surface area contributed by atoms with E-state index in [1.54, 1.807) is 17.0 Å². The van der Waals surface area contributed by atoms with E-state index in [0.29, 0.717) is 22.2 Å². The maximum atomic E-state index is 12.7. The summed E-state index contributed by atoms with van der Waals surface area (Å²) >= 11 is 2.27. The van der Waals surface area contributed by atoms with Gasteiger partial charge in [-0.1, -0.05) is 55.0 Å². The number of para-hydroxylation sites is 2. The number of rotatable bonds is 10. The number of aromatic nitrogens is 2. The fourth-order valence-corrected chi connectivity index (χ4v) is 5.20. The zero-order chi connectivity index (χ0) is 22.4. The lowest BCUT2D eigenvalue weighted by Gasteiger charge is -2.19. The van der Waals surface area contributed by atoms with Crippen LogP contribution in [0.5, 0.6) is 5.75 Å². The van der Waals surface area contributed by atoms with Gasteiger partial charge < -0.3 is 20.1 Å². The molecule has 1 fully saturated rings. The van der Waals surface area contributed by atoms with E-state index in [-0.39, 0.29) is 29.9 Å². The van der Waals surface area contributed by atoms with Gasteiger partial charge >= 0.3 is 5.97 Å². The minimum atomic E-state index is -0.889. The summed E-state index contributed by atoms with van der Waals surface area (Å²) in [5, 5.41) is 19.7. The van der Waals surface area contributed by atoms with Gasteiger partial charge in [0.1, 0.15) is 11.0 Å². The molecule has 0 bridgehead atoms. The number of methoxy groups -OCH3 is 1. The van der Waals surface area contributed by atoms with Gasteiger partial charge in [-0.2, -0.15) is 0 Å². The summed E-state index contributed by atoms with van der Waals surface area (Å²) in [6.45, 7) is 2.24. The van der Waals surface area contributed by atoms with Gasteiger partial charge in [-0.25, -0.2) is 0 Å². The average Bonchev–Trinajstić information content (AvgIpc) is 3.37. The van der Waals surface area contributed by atoms with E-state index < -0.39 is 17.1 Å². The standard InChI is InChI=1S/C20H24N4O5S2/c1-3-4-9-15(18(27)28)30-20-23-22-19(31-20)21-17(26)12-10-16(25)24(11-12)13-7-5-6-8-14(13)29-2/h5-8,12,15H,3-4,9-11H2,1-2H3,(H,27,28)(H,21,22,26). The van der Waals surface area contributed by atoms with Crippen molar-refractivity contribution in [2.24, 2.45) is 5.92 Å². The van der Waals surface area contributed by atoms with Crippen molar-refractivity contribution in [2.75, 3.05) is 23.9 Å². The molecule has 0 spiro atoms. The average molecular weight is 465 g/mol. The topological polar surface area (TPSA) is 122 Å². The number of nitrogens with one attached hydrogen (secondary N) is 1. The van der Waals surface area contributed by atoms with Crippen LogP contribution in [0, 0.1) is 5.92 Å². The summed E-state index contributed by atoms with van der Waals surface area (Å²) in [5.41, 5.74) is 0.631. The summed E-state index contributed by atoms with van der Waals surface area (Å²) in [4.78, 5) is 38.1. The number of ether oxygens (including phenoxy) is 1. The quantitative estimate of drug-likeness (QED) is 0.406. The number of anilines is 2. The number of carbonyl (C=O) groups excluding carboxylic acids is 2. The first kappa shape index (κ1) is 23.0. The Balaban J connectivity index is 1.61. The second-order valence-electron chi connectivity index (χ2n) is 7.03. The van der Waals surface area contributed by atoms with Crippen LogP contribution in [0.25, 0.3) is 0 Å². The molecule has 0 aliphatic carbocycles. The molecule has 2 aromatic rings. The third kappa shape index (κ3) is 5.73. The zero-order valence-corrected chi connectivity index (χ0v) is 18.9. The lowest BCUT2D eigenvalue weighted by Crippen LogP contribution is -2.28. The van der Waals surface area contributed by atoms with Crippen LogP contribution >= 0.6 is 23.1 Å². The number of amides is 2. The number of unbranched alkanes of at least 4 members (excludes halogenated alkanes) is 1. The number of carbonyl (C=O) groups is 3. The molecule has 0 saturated carbocycles. The number of hydrogen-bond acceptors (Lipinski definition) is 8. The zero-order valence-electron chi connectivity index (χ0n) is 17.2. The van der Waals surface area contributed by atoms with E-state index in [4.69, 9.17) is 4.74 Å². The Labute approximate surface area is 188 Å². The van der Waals surface area contributed by atoms with Gasteiger partial charge in [0.15, 0.2) is 4.34 Å². The van der Waals surface area contributed by atoms with Crippen molar-refractivity contribution in [3.05, 3.63) is 24.3 Å². The molecule has 0 radical (unpaired) electrons. The SMILES string of the molecule is CCCCC(Sc1nnc(NC(=O)C2CC(=O)N(c3ccccc3OC)C2)s1)C(=O)O. The second-order valence-corrected chi connectivity index (χ2v) is 9.45. The molecule has 1 aliphatic rings. The summed E-state index contributed by atoms with van der Waals surface area (Å²) in [6, 6.07) is 7.17. The van der Waals surface area contributed by atoms with Crippen LogP contribution in [-0.2, 0) is 14.4 Å². The van der Waals surface area contributed by atoms with E-state index in [0.717, 1.165) is 35.9 Å². The van der Waals surface area contributed by atoms with Crippen LogP contribution in [0.2, 0.25) is 0 Å². The highest BCUT2D eigenvalue weighted by Gasteiger charge is 2.36. The third-order valence-corrected chi connectivity index (χ3v) is 7.02. The Kier molecular flexibility index (Phi) is 7.85. The molecule has 9 nitrogen and oxygen atoms in total. The number of thioether (sulfide) groups is 1. The van der Waals surface area contributed by atoms with Crippen LogP contribution < -0.4 is 15.0 Å². The molecule has 1 aliphatic heterocycles. The number of benzene rings is 1. The molecule has 2 atom stereocenters. The normalized spacial score (nSPS) is 16.9. The molecular formula is C20H24N4O5S2. The minimum absolute atomic E-state index is 0.0857. The van der Waals surface area contributed by atoms with Crippen LogP contribution in [0.4, 0.5) is 10.8 Å². The predicted molar refractivity (Wildman–Crippen MR) is 119 cm³/mol. The summed E-state index contributed by atoms with van der Waals surface area (Å²) in [7, 11) is 1.53. The van der Waals surface area contributed by atoms with Gasteiger partial charge in [-0.05, 0) is 18.6 Å². The summed E-state index contributed by atoms with van der Waals surface area (Å²) in [6.07, 6.45) is 2.35. The fourth-order valence-electron chi connectivity index (χ4n) is 3.23. The number of carboxylic acid groups (broad SMARTS) is 1. The first-order chi connectivity index (χ1) is 14.9. The van der Waals surface area contributed by atoms with Crippen molar-refractivity contribution in [3.8, 4) is 5.75 Å². The predicted octanol–water partition coefficient (Wildman–Crippen LogP) is 3.27. The number of aliphatic carboxylic acids is 1. The van der Waals surface area contributed by atoms with Crippen LogP contribution in [0.1, 0.15) is 32.6 Å². The molecule has 2 amide bonds. The number of carboxylic acids is 1. The van der Waals surface area contributed by atoms with E-state index in [1.165, 1.54) is 7.11 Å². The molecular weight excluding hydrogens is 440 g/mol. The maximum absolute atomic E-state index is 12.7. The maximum Gasteiger partial charge on any atom is 0.317 e. The van der Waals surface area contributed by atoms with Crippen LogP contribution in [0.3, 0.4) is 0 Å². The highest BCUT2D eigenvalue weighted by Crippen LogP contribution is 2.34. The monoisotopic (exact) mass is 464 g/mol.